The summed E-state index contributed by atoms with van der Waals surface area (Å²) in [5, 5.41) is 7.06. The van der Waals surface area contributed by atoms with Gasteiger partial charge in [-0.2, -0.15) is 0 Å². The van der Waals surface area contributed by atoms with Gasteiger partial charge >= 0.3 is 0 Å². The number of nitrogens with zero attached hydrogens (tertiary/aromatic N) is 4. The van der Waals surface area contributed by atoms with E-state index in [4.69, 9.17) is 9.97 Å². The molecule has 0 unspecified atom stereocenters. The van der Waals surface area contributed by atoms with Crippen molar-refractivity contribution in [3.8, 4) is 89.3 Å². The molecule has 0 spiro atoms. The molecular weight excluding hydrogens is 921 g/mol. The highest BCUT2D eigenvalue weighted by Crippen LogP contribution is 2.42. The molecule has 4 nitrogen and oxygen atoms in total. The van der Waals surface area contributed by atoms with Crippen LogP contribution in [-0.2, 0) is 0 Å². The molecule has 10 aromatic carbocycles. The summed E-state index contributed by atoms with van der Waals surface area (Å²) in [5.74, 6) is 0. The van der Waals surface area contributed by atoms with E-state index >= 15 is 0 Å². The zero-order valence-corrected chi connectivity index (χ0v) is 41.5. The molecule has 76 heavy (non-hydrogen) atoms. The molecule has 356 valence electrons. The van der Waals surface area contributed by atoms with Crippen molar-refractivity contribution in [2.45, 2.75) is 0 Å². The maximum absolute atomic E-state index is 5.29. The topological polar surface area (TPSA) is 51.6 Å². The third-order valence-corrected chi connectivity index (χ3v) is 14.3. The minimum absolute atomic E-state index is 0.965. The average Bonchev–Trinajstić information content (AvgIpc) is 3.52. The standard InChI is InChI=1S/2C36H24N2/c1-3-10-26(11-4-1)32-22-34-33(27-12-5-2-6-13-27)23-35(38-36(34)31-16-8-7-15-30(31)32)28-19-17-25(18-20-28)29-14-9-21-37-24-29;1-3-9-27(10-4-1)32-23-34-33(28-11-5-2-6-12-28)24-35(38-36(34)31-14-8-7-13-30(31)32)29-17-15-25(16-18-29)26-19-21-37-22-20-26/h2*1-24H. The Morgan fingerprint density at radius 3 is 0.921 bits per heavy atom. The largest absolute Gasteiger partial charge is 0.265 e. The number of fused-ring (bicyclic) bond motifs is 6. The lowest BCUT2D eigenvalue weighted by Gasteiger charge is -2.16. The lowest BCUT2D eigenvalue weighted by atomic mass is 9.91. The van der Waals surface area contributed by atoms with Gasteiger partial charge in [0.2, 0.25) is 0 Å². The van der Waals surface area contributed by atoms with Crippen LogP contribution < -0.4 is 0 Å². The van der Waals surface area contributed by atoms with Crippen molar-refractivity contribution in [2.24, 2.45) is 0 Å². The van der Waals surface area contributed by atoms with Crippen LogP contribution in [0.25, 0.3) is 133 Å². The van der Waals surface area contributed by atoms with Crippen molar-refractivity contribution < 1.29 is 0 Å². The predicted molar refractivity (Wildman–Crippen MR) is 318 cm³/mol. The summed E-state index contributed by atoms with van der Waals surface area (Å²) < 4.78 is 0. The number of pyridine rings is 4. The van der Waals surface area contributed by atoms with Gasteiger partial charge in [0.1, 0.15) is 0 Å². The molecule has 14 aromatic rings. The first kappa shape index (κ1) is 45.7. The molecule has 0 atom stereocenters. The van der Waals surface area contributed by atoms with E-state index in [0.29, 0.717) is 0 Å². The van der Waals surface area contributed by atoms with Crippen molar-refractivity contribution in [2.75, 3.05) is 0 Å². The van der Waals surface area contributed by atoms with Crippen LogP contribution in [0.4, 0.5) is 0 Å². The molecule has 4 heteroatoms. The molecule has 0 aliphatic carbocycles. The number of rotatable bonds is 8. The second-order valence-electron chi connectivity index (χ2n) is 18.9. The molecule has 0 aliphatic heterocycles. The Bertz CT molecular complexity index is 4040. The molecule has 0 N–H and O–H groups in total. The van der Waals surface area contributed by atoms with Crippen LogP contribution in [0.2, 0.25) is 0 Å². The second kappa shape index (κ2) is 20.4. The summed E-state index contributed by atoms with van der Waals surface area (Å²) in [6.45, 7) is 0. The zero-order chi connectivity index (χ0) is 50.6. The minimum atomic E-state index is 0.965. The molecule has 4 aromatic heterocycles. The van der Waals surface area contributed by atoms with E-state index in [1.54, 1.807) is 6.20 Å². The third kappa shape index (κ3) is 8.95. The van der Waals surface area contributed by atoms with Crippen LogP contribution in [0.1, 0.15) is 0 Å². The van der Waals surface area contributed by atoms with Crippen LogP contribution in [0.15, 0.2) is 292 Å². The Labute approximate surface area is 442 Å². The fourth-order valence-electron chi connectivity index (χ4n) is 10.6. The molecule has 0 fully saturated rings. The van der Waals surface area contributed by atoms with Gasteiger partial charge in [0.15, 0.2) is 0 Å². The maximum atomic E-state index is 5.29. The first-order valence-corrected chi connectivity index (χ1v) is 25.7. The van der Waals surface area contributed by atoms with Gasteiger partial charge in [0, 0.05) is 57.5 Å². The van der Waals surface area contributed by atoms with Crippen LogP contribution >= 0.6 is 0 Å². The molecule has 14 rings (SSSR count). The second-order valence-corrected chi connectivity index (χ2v) is 18.9. The summed E-state index contributed by atoms with van der Waals surface area (Å²) in [6.07, 6.45) is 7.35. The molecule has 0 aliphatic rings. The molecule has 0 radical (unpaired) electrons. The lowest BCUT2D eigenvalue weighted by molar-refractivity contribution is 1.33. The van der Waals surface area contributed by atoms with Gasteiger partial charge in [-0.05, 0) is 120 Å². The van der Waals surface area contributed by atoms with Crippen LogP contribution in [0.5, 0.6) is 0 Å². The van der Waals surface area contributed by atoms with Gasteiger partial charge in [-0.1, -0.05) is 224 Å². The van der Waals surface area contributed by atoms with Crippen molar-refractivity contribution in [3.05, 3.63) is 292 Å². The van der Waals surface area contributed by atoms with E-state index in [0.717, 1.165) is 77.3 Å². The van der Waals surface area contributed by atoms with Crippen molar-refractivity contribution in [3.63, 3.8) is 0 Å². The molecule has 0 saturated carbocycles. The molecule has 0 saturated heterocycles. The van der Waals surface area contributed by atoms with Gasteiger partial charge < -0.3 is 0 Å². The van der Waals surface area contributed by atoms with E-state index in [9.17, 15) is 0 Å². The van der Waals surface area contributed by atoms with Crippen LogP contribution in [0, 0.1) is 0 Å². The van der Waals surface area contributed by atoms with Gasteiger partial charge in [-0.3, -0.25) is 9.97 Å². The van der Waals surface area contributed by atoms with Crippen molar-refractivity contribution >= 4 is 43.4 Å². The first-order valence-electron chi connectivity index (χ1n) is 25.7. The maximum Gasteiger partial charge on any atom is 0.0794 e. The van der Waals surface area contributed by atoms with E-state index in [-0.39, 0.29) is 0 Å². The number of hydrogen-bond donors (Lipinski definition) is 0. The van der Waals surface area contributed by atoms with Gasteiger partial charge in [-0.25, -0.2) is 9.97 Å². The van der Waals surface area contributed by atoms with Gasteiger partial charge in [-0.15, -0.1) is 0 Å². The van der Waals surface area contributed by atoms with Crippen LogP contribution in [-0.4, -0.2) is 19.9 Å². The first-order chi connectivity index (χ1) is 37.7. The summed E-state index contributed by atoms with van der Waals surface area (Å²) in [4.78, 5) is 19.0. The quantitative estimate of drug-likeness (QED) is 0.142. The van der Waals surface area contributed by atoms with E-state index in [1.807, 2.05) is 36.8 Å². The normalized spacial score (nSPS) is 11.2. The van der Waals surface area contributed by atoms with E-state index in [2.05, 4.69) is 259 Å². The molecule has 0 amide bonds. The highest BCUT2D eigenvalue weighted by molar-refractivity contribution is 6.17. The monoisotopic (exact) mass is 968 g/mol. The van der Waals surface area contributed by atoms with Crippen molar-refractivity contribution in [1.82, 2.24) is 19.9 Å². The van der Waals surface area contributed by atoms with Gasteiger partial charge in [0.25, 0.3) is 0 Å². The SMILES string of the molecule is c1ccc(-c2cc3c(-c4ccccc4)cc(-c4ccc(-c5cccnc5)cc4)nc3c3ccccc23)cc1.c1ccc(-c2cc3c(-c4ccccc4)cc(-c4ccc(-c5ccncc5)cc4)nc3c3ccccc23)cc1. The Hall–Kier alpha value is -10.2. The number of benzene rings is 10. The number of hydrogen-bond acceptors (Lipinski definition) is 4. The molecular formula is C72H48N4. The Morgan fingerprint density at radius 1 is 0.197 bits per heavy atom. The smallest absolute Gasteiger partial charge is 0.0794 e. The lowest BCUT2D eigenvalue weighted by Crippen LogP contribution is -1.93. The minimum Gasteiger partial charge on any atom is -0.265 e. The van der Waals surface area contributed by atoms with Crippen LogP contribution in [0.3, 0.4) is 0 Å². The highest BCUT2D eigenvalue weighted by atomic mass is 14.7. The summed E-state index contributed by atoms with van der Waals surface area (Å²) in [7, 11) is 0. The summed E-state index contributed by atoms with van der Waals surface area (Å²) in [5.41, 5.74) is 20.3. The summed E-state index contributed by atoms with van der Waals surface area (Å²) in [6, 6.07) is 94.3. The Balaban J connectivity index is 0.000000146. The summed E-state index contributed by atoms with van der Waals surface area (Å²) >= 11 is 0. The zero-order valence-electron chi connectivity index (χ0n) is 41.5. The van der Waals surface area contributed by atoms with Crippen molar-refractivity contribution in [1.29, 1.82) is 0 Å². The fraction of sp³-hybridized carbons (Fsp3) is 0. The van der Waals surface area contributed by atoms with E-state index in [1.165, 1.54) is 55.3 Å². The fourth-order valence-corrected chi connectivity index (χ4v) is 10.6. The molecule has 4 heterocycles. The number of aromatic nitrogens is 4. The van der Waals surface area contributed by atoms with Gasteiger partial charge in [0.05, 0.1) is 22.4 Å². The molecule has 0 bridgehead atoms. The Morgan fingerprint density at radius 2 is 0.526 bits per heavy atom. The highest BCUT2D eigenvalue weighted by Gasteiger charge is 2.18. The predicted octanol–water partition coefficient (Wildman–Crippen LogP) is 18.9. The third-order valence-electron chi connectivity index (χ3n) is 14.3. The van der Waals surface area contributed by atoms with E-state index < -0.39 is 0 Å². The average molecular weight is 969 g/mol. The Kier molecular flexibility index (Phi) is 12.3.